The number of anilines is 1. The fourth-order valence-electron chi connectivity index (χ4n) is 2.08. The van der Waals surface area contributed by atoms with Crippen LogP contribution in [0.4, 0.5) is 5.69 Å². The molecule has 2 atom stereocenters. The van der Waals surface area contributed by atoms with Gasteiger partial charge in [-0.15, -0.1) is 0 Å². The number of rotatable bonds is 7. The lowest BCUT2D eigenvalue weighted by Gasteiger charge is -2.17. The van der Waals surface area contributed by atoms with E-state index in [0.29, 0.717) is 12.0 Å². The molecule has 102 valence electrons. The van der Waals surface area contributed by atoms with Gasteiger partial charge in [0.2, 0.25) is 0 Å². The molecule has 1 nitrogen and oxygen atoms in total. The summed E-state index contributed by atoms with van der Waals surface area (Å²) in [4.78, 5) is 0. The first kappa shape index (κ1) is 15.1. The zero-order chi connectivity index (χ0) is 13.5. The van der Waals surface area contributed by atoms with Crippen LogP contribution in [-0.4, -0.2) is 6.04 Å². The predicted octanol–water partition coefficient (Wildman–Crippen LogP) is 5.44. The van der Waals surface area contributed by atoms with E-state index in [4.69, 9.17) is 0 Å². The van der Waals surface area contributed by atoms with E-state index in [2.05, 4.69) is 64.2 Å². The molecular formula is C17H29N. The third-order valence-corrected chi connectivity index (χ3v) is 3.68. The molecule has 0 saturated carbocycles. The Morgan fingerprint density at radius 1 is 0.944 bits per heavy atom. The molecule has 2 unspecified atom stereocenters. The molecule has 0 fully saturated rings. The normalized spacial score (nSPS) is 14.6. The highest BCUT2D eigenvalue weighted by atomic mass is 14.9. The Kier molecular flexibility index (Phi) is 6.24. The van der Waals surface area contributed by atoms with E-state index in [1.54, 1.807) is 0 Å². The van der Waals surface area contributed by atoms with Gasteiger partial charge in [-0.2, -0.15) is 0 Å². The second kappa shape index (κ2) is 7.45. The fraction of sp³-hybridized carbons (Fsp3) is 0.647. The minimum Gasteiger partial charge on any atom is -0.383 e. The minimum absolute atomic E-state index is 0.557. The van der Waals surface area contributed by atoms with Gasteiger partial charge in [-0.05, 0) is 55.7 Å². The molecule has 0 aromatic heterocycles. The zero-order valence-electron chi connectivity index (χ0n) is 12.7. The average Bonchev–Trinajstić information content (AvgIpc) is 2.36. The molecular weight excluding hydrogens is 218 g/mol. The van der Waals surface area contributed by atoms with Crippen LogP contribution in [0.15, 0.2) is 24.3 Å². The highest BCUT2D eigenvalue weighted by molar-refractivity contribution is 5.45. The molecule has 0 spiro atoms. The average molecular weight is 247 g/mol. The Labute approximate surface area is 113 Å². The summed E-state index contributed by atoms with van der Waals surface area (Å²) in [6.45, 7) is 11.4. The number of benzene rings is 1. The van der Waals surface area contributed by atoms with Crippen molar-refractivity contribution in [2.45, 2.75) is 65.8 Å². The summed E-state index contributed by atoms with van der Waals surface area (Å²) in [6, 6.07) is 9.50. The summed E-state index contributed by atoms with van der Waals surface area (Å²) >= 11 is 0. The molecule has 18 heavy (non-hydrogen) atoms. The van der Waals surface area contributed by atoms with Crippen LogP contribution in [0.3, 0.4) is 0 Å². The summed E-state index contributed by atoms with van der Waals surface area (Å²) in [5.74, 6) is 1.46. The third-order valence-electron chi connectivity index (χ3n) is 3.68. The fourth-order valence-corrected chi connectivity index (χ4v) is 2.08. The Balaban J connectivity index is 2.48. The monoisotopic (exact) mass is 247 g/mol. The maximum absolute atomic E-state index is 3.58. The molecule has 1 aromatic rings. The zero-order valence-corrected chi connectivity index (χ0v) is 12.7. The summed E-state index contributed by atoms with van der Waals surface area (Å²) < 4.78 is 0. The van der Waals surface area contributed by atoms with Crippen molar-refractivity contribution in [3.63, 3.8) is 0 Å². The minimum atomic E-state index is 0.557. The van der Waals surface area contributed by atoms with E-state index < -0.39 is 0 Å². The van der Waals surface area contributed by atoms with Crippen LogP contribution in [-0.2, 0) is 0 Å². The van der Waals surface area contributed by atoms with Crippen molar-refractivity contribution in [1.29, 1.82) is 0 Å². The highest BCUT2D eigenvalue weighted by Crippen LogP contribution is 2.21. The van der Waals surface area contributed by atoms with Gasteiger partial charge in [-0.3, -0.25) is 0 Å². The maximum atomic E-state index is 3.58. The summed E-state index contributed by atoms with van der Waals surface area (Å²) in [5, 5.41) is 3.58. The van der Waals surface area contributed by atoms with Gasteiger partial charge in [0.05, 0.1) is 0 Å². The van der Waals surface area contributed by atoms with Crippen molar-refractivity contribution in [1.82, 2.24) is 0 Å². The first-order chi connectivity index (χ1) is 8.52. The van der Waals surface area contributed by atoms with Crippen LogP contribution in [0.1, 0.15) is 65.4 Å². The van der Waals surface area contributed by atoms with Crippen LogP contribution in [0.2, 0.25) is 0 Å². The molecule has 0 heterocycles. The van der Waals surface area contributed by atoms with Crippen LogP contribution < -0.4 is 5.32 Å². The van der Waals surface area contributed by atoms with Gasteiger partial charge in [0, 0.05) is 11.7 Å². The van der Waals surface area contributed by atoms with Crippen LogP contribution in [0, 0.1) is 5.92 Å². The summed E-state index contributed by atoms with van der Waals surface area (Å²) in [5.41, 5.74) is 2.69. The van der Waals surface area contributed by atoms with E-state index in [1.807, 2.05) is 0 Å². The molecule has 0 aliphatic rings. The van der Waals surface area contributed by atoms with Gasteiger partial charge in [0.1, 0.15) is 0 Å². The molecule has 0 bridgehead atoms. The Hall–Kier alpha value is -0.980. The Morgan fingerprint density at radius 3 is 2.06 bits per heavy atom. The van der Waals surface area contributed by atoms with Crippen molar-refractivity contribution in [2.24, 2.45) is 5.92 Å². The number of hydrogen-bond acceptors (Lipinski definition) is 1. The van der Waals surface area contributed by atoms with Crippen LogP contribution >= 0.6 is 0 Å². The first-order valence-corrected chi connectivity index (χ1v) is 7.39. The van der Waals surface area contributed by atoms with Crippen molar-refractivity contribution in [2.75, 3.05) is 5.32 Å². The molecule has 1 heteroatoms. The predicted molar refractivity (Wildman–Crippen MR) is 82.3 cm³/mol. The second-order valence-electron chi connectivity index (χ2n) is 5.95. The van der Waals surface area contributed by atoms with Crippen LogP contribution in [0.25, 0.3) is 0 Å². The molecule has 0 amide bonds. The molecule has 0 saturated heterocycles. The lowest BCUT2D eigenvalue weighted by molar-refractivity contribution is 0.527. The van der Waals surface area contributed by atoms with E-state index >= 15 is 0 Å². The number of hydrogen-bond donors (Lipinski definition) is 1. The maximum Gasteiger partial charge on any atom is 0.0342 e. The largest absolute Gasteiger partial charge is 0.383 e. The number of nitrogens with one attached hydrogen (secondary N) is 1. The van der Waals surface area contributed by atoms with E-state index in [1.165, 1.54) is 30.5 Å². The van der Waals surface area contributed by atoms with Crippen molar-refractivity contribution < 1.29 is 0 Å². The van der Waals surface area contributed by atoms with Crippen molar-refractivity contribution in [3.8, 4) is 0 Å². The van der Waals surface area contributed by atoms with Gasteiger partial charge in [0.15, 0.2) is 0 Å². The molecule has 0 radical (unpaired) electrons. The van der Waals surface area contributed by atoms with E-state index in [-0.39, 0.29) is 0 Å². The molecule has 1 aromatic carbocycles. The summed E-state index contributed by atoms with van der Waals surface area (Å²) in [6.07, 6.45) is 3.74. The third kappa shape index (κ3) is 5.12. The molecule has 1 rings (SSSR count). The van der Waals surface area contributed by atoms with E-state index in [9.17, 15) is 0 Å². The lowest BCUT2D eigenvalue weighted by Crippen LogP contribution is -2.15. The van der Waals surface area contributed by atoms with Crippen LogP contribution in [0.5, 0.6) is 0 Å². The van der Waals surface area contributed by atoms with Crippen molar-refractivity contribution >= 4 is 5.69 Å². The van der Waals surface area contributed by atoms with Gasteiger partial charge in [-0.1, -0.05) is 39.8 Å². The topological polar surface area (TPSA) is 12.0 Å². The smallest absolute Gasteiger partial charge is 0.0342 e. The van der Waals surface area contributed by atoms with Gasteiger partial charge < -0.3 is 5.32 Å². The quantitative estimate of drug-likeness (QED) is 0.676. The van der Waals surface area contributed by atoms with Gasteiger partial charge >= 0.3 is 0 Å². The first-order valence-electron chi connectivity index (χ1n) is 7.39. The Morgan fingerprint density at radius 2 is 1.56 bits per heavy atom. The van der Waals surface area contributed by atoms with Gasteiger partial charge in [0.25, 0.3) is 0 Å². The molecule has 0 aliphatic carbocycles. The van der Waals surface area contributed by atoms with Gasteiger partial charge in [-0.25, -0.2) is 0 Å². The lowest BCUT2D eigenvalue weighted by atomic mass is 9.98. The SMILES string of the molecule is CCC(C)c1ccc(NC(C)CCC(C)C)cc1. The highest BCUT2D eigenvalue weighted by Gasteiger charge is 2.05. The molecule has 1 N–H and O–H groups in total. The summed E-state index contributed by atoms with van der Waals surface area (Å²) in [7, 11) is 0. The second-order valence-corrected chi connectivity index (χ2v) is 5.95. The van der Waals surface area contributed by atoms with Crippen molar-refractivity contribution in [3.05, 3.63) is 29.8 Å². The molecule has 0 aliphatic heterocycles. The van der Waals surface area contributed by atoms with E-state index in [0.717, 1.165) is 5.92 Å². The standard InChI is InChI=1S/C17H29N/c1-6-14(4)16-9-11-17(12-10-16)18-15(5)8-7-13(2)3/h9-15,18H,6-8H2,1-5H3. The Bertz CT molecular complexity index is 326.